The minimum atomic E-state index is -0.845. The van der Waals surface area contributed by atoms with E-state index in [-0.39, 0.29) is 23.9 Å². The van der Waals surface area contributed by atoms with Gasteiger partial charge in [0.15, 0.2) is 0 Å². The van der Waals surface area contributed by atoms with Crippen LogP contribution < -0.4 is 0 Å². The highest BCUT2D eigenvalue weighted by molar-refractivity contribution is 6.33. The monoisotopic (exact) mass is 405 g/mol. The zero-order chi connectivity index (χ0) is 19.4. The van der Waals surface area contributed by atoms with Crippen LogP contribution in [-0.2, 0) is 11.3 Å². The number of amides is 1. The smallest absolute Gasteiger partial charge is 0.407 e. The first-order valence-corrected chi connectivity index (χ1v) is 10.0. The molecule has 28 heavy (non-hydrogen) atoms. The average Bonchev–Trinajstić information content (AvgIpc) is 3.11. The van der Waals surface area contributed by atoms with Gasteiger partial charge in [-0.3, -0.25) is 5.10 Å². The molecule has 2 saturated carbocycles. The Labute approximate surface area is 166 Å². The summed E-state index contributed by atoms with van der Waals surface area (Å²) in [5.74, 6) is 0.217. The summed E-state index contributed by atoms with van der Waals surface area (Å²) in [6, 6.07) is 4.71. The molecular weight excluding hydrogens is 385 g/mol. The van der Waals surface area contributed by atoms with Crippen molar-refractivity contribution in [1.82, 2.24) is 15.1 Å². The summed E-state index contributed by atoms with van der Waals surface area (Å²) in [5.41, 5.74) is 2.79. The Balaban J connectivity index is 1.35. The molecule has 148 valence electrons. The van der Waals surface area contributed by atoms with Crippen molar-refractivity contribution >= 4 is 17.7 Å². The van der Waals surface area contributed by atoms with E-state index in [0.717, 1.165) is 36.9 Å². The molecule has 3 fully saturated rings. The molecule has 1 aromatic carbocycles. The van der Waals surface area contributed by atoms with Gasteiger partial charge < -0.3 is 14.7 Å². The first-order valence-electron chi connectivity index (χ1n) is 9.65. The maximum Gasteiger partial charge on any atom is 0.407 e. The molecule has 2 aliphatic carbocycles. The van der Waals surface area contributed by atoms with E-state index >= 15 is 0 Å². The normalized spacial score (nSPS) is 26.2. The number of benzene rings is 1. The second kappa shape index (κ2) is 6.74. The number of carbonyl (C=O) groups is 1. The van der Waals surface area contributed by atoms with Gasteiger partial charge in [0.05, 0.1) is 29.0 Å². The van der Waals surface area contributed by atoms with Crippen LogP contribution in [0, 0.1) is 11.7 Å². The summed E-state index contributed by atoms with van der Waals surface area (Å²) in [4.78, 5) is 12.7. The van der Waals surface area contributed by atoms with Crippen molar-refractivity contribution in [3.8, 4) is 11.3 Å². The lowest BCUT2D eigenvalue weighted by Crippen LogP contribution is -2.41. The van der Waals surface area contributed by atoms with Gasteiger partial charge in [-0.1, -0.05) is 17.7 Å². The number of H-pyrrole nitrogens is 1. The largest absolute Gasteiger partial charge is 0.465 e. The number of ether oxygens (including phenoxy) is 1. The summed E-state index contributed by atoms with van der Waals surface area (Å²) < 4.78 is 20.6. The lowest BCUT2D eigenvalue weighted by molar-refractivity contribution is -0.00910. The molecule has 0 radical (unpaired) electrons. The van der Waals surface area contributed by atoms with E-state index in [9.17, 15) is 14.3 Å². The molecule has 2 bridgehead atoms. The van der Waals surface area contributed by atoms with Crippen molar-refractivity contribution in [2.45, 2.75) is 50.4 Å². The molecule has 3 aliphatic rings. The third-order valence-corrected chi connectivity index (χ3v) is 6.55. The van der Waals surface area contributed by atoms with Crippen LogP contribution >= 0.6 is 11.6 Å². The van der Waals surface area contributed by atoms with Crippen LogP contribution in [0.15, 0.2) is 18.2 Å². The van der Waals surface area contributed by atoms with E-state index in [1.807, 2.05) is 0 Å². The Bertz CT molecular complexity index is 909. The molecule has 2 N–H and O–H groups in total. The summed E-state index contributed by atoms with van der Waals surface area (Å²) in [6.07, 6.45) is 2.90. The van der Waals surface area contributed by atoms with Crippen LogP contribution in [0.2, 0.25) is 5.02 Å². The van der Waals surface area contributed by atoms with E-state index in [1.54, 1.807) is 12.1 Å². The second-order valence-electron chi connectivity index (χ2n) is 8.01. The Kier molecular flexibility index (Phi) is 4.32. The van der Waals surface area contributed by atoms with Crippen molar-refractivity contribution in [2.24, 2.45) is 5.92 Å². The molecule has 0 spiro atoms. The van der Waals surface area contributed by atoms with Gasteiger partial charge in [0, 0.05) is 24.1 Å². The lowest BCUT2D eigenvalue weighted by Gasteiger charge is -2.29. The molecule has 1 amide bonds. The minimum absolute atomic E-state index is 0.0523. The van der Waals surface area contributed by atoms with Crippen molar-refractivity contribution < 1.29 is 19.0 Å². The van der Waals surface area contributed by atoms with Crippen LogP contribution in [-0.4, -0.2) is 45.0 Å². The first kappa shape index (κ1) is 17.9. The fourth-order valence-corrected chi connectivity index (χ4v) is 5.01. The summed E-state index contributed by atoms with van der Waals surface area (Å²) in [7, 11) is 0. The highest BCUT2D eigenvalue weighted by Crippen LogP contribution is 2.47. The number of likely N-dealkylation sites (tertiary alicyclic amines) is 1. The van der Waals surface area contributed by atoms with Gasteiger partial charge >= 0.3 is 6.09 Å². The molecule has 0 unspecified atom stereocenters. The highest BCUT2D eigenvalue weighted by atomic mass is 35.5. The SMILES string of the molecule is O=C(O)N1C[C@@H]2C[C@H]1C[C@H]2OCc1[nH]nc(-c2c(F)cccc2Cl)c1C1CC1. The zero-order valence-corrected chi connectivity index (χ0v) is 16.0. The van der Waals surface area contributed by atoms with Crippen molar-refractivity contribution in [2.75, 3.05) is 6.54 Å². The number of carboxylic acid groups (broad SMARTS) is 1. The predicted octanol–water partition coefficient (Wildman–Crippen LogP) is 4.40. The molecule has 2 heterocycles. The molecular formula is C20H21ClFN3O3. The number of halogens is 2. The molecule has 8 heteroatoms. The van der Waals surface area contributed by atoms with Crippen molar-refractivity contribution in [3.05, 3.63) is 40.3 Å². The average molecular weight is 406 g/mol. The topological polar surface area (TPSA) is 78.5 Å². The molecule has 5 rings (SSSR count). The third kappa shape index (κ3) is 2.97. The molecule has 3 atom stereocenters. The van der Waals surface area contributed by atoms with Gasteiger partial charge in [-0.2, -0.15) is 5.10 Å². The van der Waals surface area contributed by atoms with E-state index in [4.69, 9.17) is 16.3 Å². The predicted molar refractivity (Wildman–Crippen MR) is 101 cm³/mol. The summed E-state index contributed by atoms with van der Waals surface area (Å²) in [6.45, 7) is 0.908. The van der Waals surface area contributed by atoms with Crippen LogP contribution in [0.5, 0.6) is 0 Å². The Morgan fingerprint density at radius 1 is 1.39 bits per heavy atom. The van der Waals surface area contributed by atoms with Crippen LogP contribution in [0.4, 0.5) is 9.18 Å². The maximum atomic E-state index is 14.4. The standard InChI is InChI=1S/C20H21ClFN3O3/c21-13-2-1-3-14(22)18(13)19-17(10-4-5-10)15(23-24-19)9-28-16-7-12-6-11(16)8-25(12)20(26)27/h1-3,10-12,16H,4-9H2,(H,23,24)(H,26,27)/t11-,12-,16+/m0/s1. The number of hydrogen-bond donors (Lipinski definition) is 2. The fourth-order valence-electron chi connectivity index (χ4n) is 4.76. The Morgan fingerprint density at radius 3 is 2.86 bits per heavy atom. The minimum Gasteiger partial charge on any atom is -0.465 e. The number of rotatable bonds is 5. The lowest BCUT2D eigenvalue weighted by atomic mass is 10.0. The van der Waals surface area contributed by atoms with E-state index in [2.05, 4.69) is 10.2 Å². The first-order chi connectivity index (χ1) is 13.5. The number of nitrogens with one attached hydrogen (secondary N) is 1. The molecule has 6 nitrogen and oxygen atoms in total. The number of nitrogens with zero attached hydrogens (tertiary/aromatic N) is 2. The Morgan fingerprint density at radius 2 is 2.21 bits per heavy atom. The van der Waals surface area contributed by atoms with Gasteiger partial charge in [0.25, 0.3) is 0 Å². The van der Waals surface area contributed by atoms with Crippen LogP contribution in [0.1, 0.15) is 42.9 Å². The van der Waals surface area contributed by atoms with Gasteiger partial charge in [-0.25, -0.2) is 9.18 Å². The Hall–Kier alpha value is -2.12. The molecule has 1 saturated heterocycles. The van der Waals surface area contributed by atoms with Crippen LogP contribution in [0.25, 0.3) is 11.3 Å². The zero-order valence-electron chi connectivity index (χ0n) is 15.2. The highest BCUT2D eigenvalue weighted by Gasteiger charge is 2.47. The van der Waals surface area contributed by atoms with E-state index < -0.39 is 6.09 Å². The molecule has 1 aliphatic heterocycles. The number of piperidine rings is 1. The van der Waals surface area contributed by atoms with E-state index in [0.29, 0.717) is 35.3 Å². The summed E-state index contributed by atoms with van der Waals surface area (Å²) >= 11 is 6.26. The van der Waals surface area contributed by atoms with Gasteiger partial charge in [-0.15, -0.1) is 0 Å². The number of hydrogen-bond acceptors (Lipinski definition) is 3. The quantitative estimate of drug-likeness (QED) is 0.772. The number of fused-ring (bicyclic) bond motifs is 2. The summed E-state index contributed by atoms with van der Waals surface area (Å²) in [5, 5.41) is 17.0. The number of aromatic amines is 1. The van der Waals surface area contributed by atoms with Crippen molar-refractivity contribution in [3.63, 3.8) is 0 Å². The van der Waals surface area contributed by atoms with Gasteiger partial charge in [-0.05, 0) is 43.7 Å². The third-order valence-electron chi connectivity index (χ3n) is 6.23. The number of aromatic nitrogens is 2. The van der Waals surface area contributed by atoms with Crippen molar-refractivity contribution in [1.29, 1.82) is 0 Å². The second-order valence-corrected chi connectivity index (χ2v) is 8.41. The van der Waals surface area contributed by atoms with E-state index in [1.165, 1.54) is 11.0 Å². The molecule has 2 aromatic rings. The van der Waals surface area contributed by atoms with Gasteiger partial charge in [0.2, 0.25) is 0 Å². The molecule has 1 aromatic heterocycles. The van der Waals surface area contributed by atoms with Crippen LogP contribution in [0.3, 0.4) is 0 Å². The fraction of sp³-hybridized carbons (Fsp3) is 0.500. The van der Waals surface area contributed by atoms with Gasteiger partial charge in [0.1, 0.15) is 11.5 Å². The maximum absolute atomic E-state index is 14.4.